The standard InChI is InChI=1S/C19H29N3O4S2/c1-2-12-28(25,26)22-8-3-4-15(13-22)19(24)21-9-5-17(6-10-21)20-18(23)16-7-11-27-14-16/h7,11,14-15,17H,2-6,8-10,12-13H2,1H3,(H,20,23). The normalized spacial score (nSPS) is 22.2. The highest BCUT2D eigenvalue weighted by molar-refractivity contribution is 7.89. The second kappa shape index (κ2) is 9.37. The number of hydrogen-bond donors (Lipinski definition) is 1. The quantitative estimate of drug-likeness (QED) is 0.751. The number of amides is 2. The zero-order valence-corrected chi connectivity index (χ0v) is 17.9. The van der Waals surface area contributed by atoms with E-state index >= 15 is 0 Å². The lowest BCUT2D eigenvalue weighted by molar-refractivity contribution is -0.137. The Balaban J connectivity index is 1.50. The SMILES string of the molecule is CCCS(=O)(=O)N1CCCC(C(=O)N2CCC(NC(=O)c3ccsc3)CC2)C1. The van der Waals surface area contributed by atoms with E-state index in [9.17, 15) is 18.0 Å². The molecule has 0 radical (unpaired) electrons. The Morgan fingerprint density at radius 1 is 1.21 bits per heavy atom. The second-order valence-corrected chi connectivity index (χ2v) is 10.5. The second-order valence-electron chi connectivity index (χ2n) is 7.60. The number of carbonyl (C=O) groups excluding carboxylic acids is 2. The van der Waals surface area contributed by atoms with Crippen molar-refractivity contribution in [3.05, 3.63) is 22.4 Å². The third-order valence-electron chi connectivity index (χ3n) is 5.51. The zero-order valence-electron chi connectivity index (χ0n) is 16.3. The highest BCUT2D eigenvalue weighted by Crippen LogP contribution is 2.23. The molecule has 2 aliphatic heterocycles. The number of piperidine rings is 2. The average Bonchev–Trinajstić information content (AvgIpc) is 3.23. The molecule has 7 nitrogen and oxygen atoms in total. The van der Waals surface area contributed by atoms with Gasteiger partial charge in [0, 0.05) is 43.2 Å². The fourth-order valence-corrected chi connectivity index (χ4v) is 6.17. The Bertz CT molecular complexity index is 771. The van der Waals surface area contributed by atoms with Gasteiger partial charge in [-0.25, -0.2) is 12.7 Å². The minimum absolute atomic E-state index is 0.0546. The van der Waals surface area contributed by atoms with Gasteiger partial charge >= 0.3 is 0 Å². The van der Waals surface area contributed by atoms with Crippen LogP contribution in [-0.2, 0) is 14.8 Å². The predicted octanol–water partition coefficient (Wildman–Crippen LogP) is 1.92. The molecule has 0 saturated carbocycles. The smallest absolute Gasteiger partial charge is 0.252 e. The van der Waals surface area contributed by atoms with Crippen molar-refractivity contribution in [2.45, 2.75) is 45.1 Å². The molecule has 0 spiro atoms. The van der Waals surface area contributed by atoms with Crippen LogP contribution in [0.25, 0.3) is 0 Å². The first kappa shape index (κ1) is 21.3. The summed E-state index contributed by atoms with van der Waals surface area (Å²) in [5.41, 5.74) is 0.680. The van der Waals surface area contributed by atoms with Crippen molar-refractivity contribution in [1.29, 1.82) is 0 Å². The highest BCUT2D eigenvalue weighted by atomic mass is 32.2. The van der Waals surface area contributed by atoms with Gasteiger partial charge in [-0.05, 0) is 43.6 Å². The molecule has 1 unspecified atom stereocenters. The van der Waals surface area contributed by atoms with E-state index in [1.54, 1.807) is 6.07 Å². The average molecular weight is 428 g/mol. The third-order valence-corrected chi connectivity index (χ3v) is 8.24. The summed E-state index contributed by atoms with van der Waals surface area (Å²) in [7, 11) is -3.26. The molecule has 1 aromatic rings. The molecule has 2 fully saturated rings. The van der Waals surface area contributed by atoms with Gasteiger partial charge in [-0.3, -0.25) is 9.59 Å². The molecule has 0 bridgehead atoms. The molecule has 28 heavy (non-hydrogen) atoms. The first-order valence-electron chi connectivity index (χ1n) is 10.0. The van der Waals surface area contributed by atoms with Crippen LogP contribution in [0.4, 0.5) is 0 Å². The third kappa shape index (κ3) is 5.12. The summed E-state index contributed by atoms with van der Waals surface area (Å²) in [5.74, 6) is -0.116. The number of rotatable bonds is 6. The number of thiophene rings is 1. The molecule has 2 saturated heterocycles. The largest absolute Gasteiger partial charge is 0.349 e. The lowest BCUT2D eigenvalue weighted by atomic mass is 9.96. The number of hydrogen-bond acceptors (Lipinski definition) is 5. The van der Waals surface area contributed by atoms with Crippen LogP contribution in [0.2, 0.25) is 0 Å². The van der Waals surface area contributed by atoms with E-state index < -0.39 is 10.0 Å². The minimum atomic E-state index is -3.26. The summed E-state index contributed by atoms with van der Waals surface area (Å²) < 4.78 is 26.2. The van der Waals surface area contributed by atoms with Crippen LogP contribution >= 0.6 is 11.3 Å². The molecular weight excluding hydrogens is 398 g/mol. The van der Waals surface area contributed by atoms with Crippen molar-refractivity contribution in [3.63, 3.8) is 0 Å². The highest BCUT2D eigenvalue weighted by Gasteiger charge is 2.35. The van der Waals surface area contributed by atoms with Crippen LogP contribution in [-0.4, -0.2) is 67.4 Å². The minimum Gasteiger partial charge on any atom is -0.349 e. The number of nitrogens with one attached hydrogen (secondary N) is 1. The lowest BCUT2D eigenvalue weighted by Crippen LogP contribution is -2.51. The Kier molecular flexibility index (Phi) is 7.11. The van der Waals surface area contributed by atoms with Crippen molar-refractivity contribution in [3.8, 4) is 0 Å². The van der Waals surface area contributed by atoms with Crippen LogP contribution in [0, 0.1) is 5.92 Å². The fraction of sp³-hybridized carbons (Fsp3) is 0.684. The van der Waals surface area contributed by atoms with Gasteiger partial charge in [0.15, 0.2) is 0 Å². The summed E-state index contributed by atoms with van der Waals surface area (Å²) in [6.45, 7) is 3.88. The summed E-state index contributed by atoms with van der Waals surface area (Å²) in [6, 6.07) is 1.88. The van der Waals surface area contributed by atoms with E-state index in [1.165, 1.54) is 15.6 Å². The first-order valence-corrected chi connectivity index (χ1v) is 12.6. The zero-order chi connectivity index (χ0) is 20.1. The van der Waals surface area contributed by atoms with Gasteiger partial charge in [0.05, 0.1) is 11.7 Å². The predicted molar refractivity (Wildman–Crippen MR) is 110 cm³/mol. The maximum Gasteiger partial charge on any atom is 0.252 e. The molecule has 2 aliphatic rings. The van der Waals surface area contributed by atoms with Crippen molar-refractivity contribution < 1.29 is 18.0 Å². The molecule has 1 atom stereocenters. The number of carbonyl (C=O) groups is 2. The van der Waals surface area contributed by atoms with Crippen LogP contribution in [0.1, 0.15) is 49.4 Å². The summed E-state index contributed by atoms with van der Waals surface area (Å²) in [6.07, 6.45) is 3.51. The topological polar surface area (TPSA) is 86.8 Å². The van der Waals surface area contributed by atoms with Crippen molar-refractivity contribution in [1.82, 2.24) is 14.5 Å². The van der Waals surface area contributed by atoms with Gasteiger partial charge in [-0.15, -0.1) is 0 Å². The lowest BCUT2D eigenvalue weighted by Gasteiger charge is -2.37. The van der Waals surface area contributed by atoms with E-state index in [4.69, 9.17) is 0 Å². The molecule has 1 aromatic heterocycles. The molecule has 2 amide bonds. The monoisotopic (exact) mass is 427 g/mol. The van der Waals surface area contributed by atoms with Crippen LogP contribution < -0.4 is 5.32 Å². The number of nitrogens with zero attached hydrogens (tertiary/aromatic N) is 2. The molecular formula is C19H29N3O4S2. The van der Waals surface area contributed by atoms with Crippen molar-refractivity contribution in [2.75, 3.05) is 31.9 Å². The Labute approximate surface area is 171 Å². The van der Waals surface area contributed by atoms with E-state index in [0.29, 0.717) is 38.2 Å². The summed E-state index contributed by atoms with van der Waals surface area (Å²) >= 11 is 1.49. The maximum absolute atomic E-state index is 12.9. The Hall–Kier alpha value is -1.45. The molecule has 3 rings (SSSR count). The van der Waals surface area contributed by atoms with Gasteiger partial charge in [-0.2, -0.15) is 11.3 Å². The van der Waals surface area contributed by atoms with Gasteiger partial charge in [-0.1, -0.05) is 6.92 Å². The van der Waals surface area contributed by atoms with Crippen LogP contribution in [0.5, 0.6) is 0 Å². The first-order chi connectivity index (χ1) is 13.4. The molecule has 3 heterocycles. The van der Waals surface area contributed by atoms with Gasteiger partial charge in [0.25, 0.3) is 5.91 Å². The molecule has 1 N–H and O–H groups in total. The van der Waals surface area contributed by atoms with Gasteiger partial charge in [0.1, 0.15) is 0 Å². The van der Waals surface area contributed by atoms with Crippen molar-refractivity contribution >= 4 is 33.2 Å². The van der Waals surface area contributed by atoms with E-state index in [1.807, 2.05) is 22.6 Å². The Morgan fingerprint density at radius 3 is 2.61 bits per heavy atom. The maximum atomic E-state index is 12.9. The number of likely N-dealkylation sites (tertiary alicyclic amines) is 1. The summed E-state index contributed by atoms with van der Waals surface area (Å²) in [4.78, 5) is 26.9. The Morgan fingerprint density at radius 2 is 1.96 bits per heavy atom. The van der Waals surface area contributed by atoms with E-state index in [2.05, 4.69) is 5.32 Å². The summed E-state index contributed by atoms with van der Waals surface area (Å²) in [5, 5.41) is 6.75. The van der Waals surface area contributed by atoms with E-state index in [-0.39, 0.29) is 29.5 Å². The van der Waals surface area contributed by atoms with E-state index in [0.717, 1.165) is 25.7 Å². The van der Waals surface area contributed by atoms with Crippen LogP contribution in [0.3, 0.4) is 0 Å². The van der Waals surface area contributed by atoms with Crippen LogP contribution in [0.15, 0.2) is 16.8 Å². The van der Waals surface area contributed by atoms with Crippen molar-refractivity contribution in [2.24, 2.45) is 5.92 Å². The fourth-order valence-electron chi connectivity index (χ4n) is 3.95. The number of sulfonamides is 1. The molecule has 0 aromatic carbocycles. The van der Waals surface area contributed by atoms with Gasteiger partial charge in [0.2, 0.25) is 15.9 Å². The molecule has 9 heteroatoms. The molecule has 0 aliphatic carbocycles. The molecule has 156 valence electrons. The van der Waals surface area contributed by atoms with Gasteiger partial charge < -0.3 is 10.2 Å².